The van der Waals surface area contributed by atoms with Crippen molar-refractivity contribution in [2.24, 2.45) is 0 Å². The van der Waals surface area contributed by atoms with E-state index in [4.69, 9.17) is 4.74 Å². The zero-order valence-corrected chi connectivity index (χ0v) is 14.8. The molecular formula is C19H28FN3O2. The van der Waals surface area contributed by atoms with Crippen LogP contribution in [0.1, 0.15) is 32.1 Å². The number of hydrogen-bond acceptors (Lipinski definition) is 3. The van der Waals surface area contributed by atoms with E-state index in [1.807, 2.05) is 4.90 Å². The summed E-state index contributed by atoms with van der Waals surface area (Å²) >= 11 is 0. The summed E-state index contributed by atoms with van der Waals surface area (Å²) in [5, 5.41) is 3.19. The van der Waals surface area contributed by atoms with Crippen LogP contribution in [0.25, 0.3) is 0 Å². The highest BCUT2D eigenvalue weighted by Gasteiger charge is 2.23. The molecule has 1 aromatic carbocycles. The van der Waals surface area contributed by atoms with Gasteiger partial charge < -0.3 is 15.0 Å². The highest BCUT2D eigenvalue weighted by Crippen LogP contribution is 2.18. The highest BCUT2D eigenvalue weighted by molar-refractivity contribution is 5.74. The molecule has 1 aliphatic carbocycles. The first-order valence-electron chi connectivity index (χ1n) is 9.37. The Morgan fingerprint density at radius 2 is 1.76 bits per heavy atom. The molecule has 25 heavy (non-hydrogen) atoms. The number of carbonyl (C=O) groups excluding carboxylic acids is 1. The second-order valence-electron chi connectivity index (χ2n) is 6.92. The Kier molecular flexibility index (Phi) is 6.50. The van der Waals surface area contributed by atoms with Crippen molar-refractivity contribution < 1.29 is 13.9 Å². The fourth-order valence-corrected chi connectivity index (χ4v) is 3.51. The second-order valence-corrected chi connectivity index (χ2v) is 6.92. The molecule has 0 bridgehead atoms. The van der Waals surface area contributed by atoms with Crippen LogP contribution in [0.3, 0.4) is 0 Å². The van der Waals surface area contributed by atoms with E-state index in [1.54, 1.807) is 12.1 Å². The molecule has 1 heterocycles. The molecule has 0 aromatic heterocycles. The Balaban J connectivity index is 1.32. The van der Waals surface area contributed by atoms with Crippen LogP contribution in [0.2, 0.25) is 0 Å². The third-order valence-corrected chi connectivity index (χ3v) is 5.08. The summed E-state index contributed by atoms with van der Waals surface area (Å²) in [6.07, 6.45) is 5.99. The molecule has 2 amide bonds. The number of piperazine rings is 1. The molecule has 0 unspecified atom stereocenters. The standard InChI is InChI=1S/C19H28FN3O2/c20-16-6-8-18(9-7-16)25-15-14-22-10-12-23(13-11-22)19(24)21-17-4-2-1-3-5-17/h6-9,17H,1-5,10-15H2,(H,21,24). The molecule has 6 heteroatoms. The van der Waals surface area contributed by atoms with Crippen LogP contribution in [0.15, 0.2) is 24.3 Å². The molecule has 1 aromatic rings. The van der Waals surface area contributed by atoms with Crippen molar-refractivity contribution in [3.63, 3.8) is 0 Å². The van der Waals surface area contributed by atoms with Crippen molar-refractivity contribution in [1.82, 2.24) is 15.1 Å². The number of ether oxygens (including phenoxy) is 1. The molecule has 1 saturated carbocycles. The van der Waals surface area contributed by atoms with Gasteiger partial charge in [0.15, 0.2) is 0 Å². The number of carbonyl (C=O) groups is 1. The van der Waals surface area contributed by atoms with Crippen molar-refractivity contribution in [1.29, 1.82) is 0 Å². The van der Waals surface area contributed by atoms with Gasteiger partial charge in [-0.05, 0) is 37.1 Å². The Morgan fingerprint density at radius 1 is 1.08 bits per heavy atom. The van der Waals surface area contributed by atoms with Gasteiger partial charge in [-0.3, -0.25) is 4.90 Å². The lowest BCUT2D eigenvalue weighted by atomic mass is 9.96. The van der Waals surface area contributed by atoms with Gasteiger partial charge in [0.05, 0.1) is 0 Å². The largest absolute Gasteiger partial charge is 0.492 e. The summed E-state index contributed by atoms with van der Waals surface area (Å²) in [7, 11) is 0. The molecule has 1 aliphatic heterocycles. The SMILES string of the molecule is O=C(NC1CCCCC1)N1CCN(CCOc2ccc(F)cc2)CC1. The van der Waals surface area contributed by atoms with Gasteiger partial charge in [0.1, 0.15) is 18.2 Å². The smallest absolute Gasteiger partial charge is 0.317 e. The van der Waals surface area contributed by atoms with Crippen molar-refractivity contribution in [3.05, 3.63) is 30.1 Å². The average molecular weight is 349 g/mol. The minimum absolute atomic E-state index is 0.0918. The molecule has 3 rings (SSSR count). The third kappa shape index (κ3) is 5.59. The van der Waals surface area contributed by atoms with Gasteiger partial charge >= 0.3 is 6.03 Å². The van der Waals surface area contributed by atoms with E-state index in [0.717, 1.165) is 45.6 Å². The van der Waals surface area contributed by atoms with Gasteiger partial charge in [-0.1, -0.05) is 19.3 Å². The maximum atomic E-state index is 12.8. The van der Waals surface area contributed by atoms with Crippen LogP contribution in [-0.4, -0.2) is 61.2 Å². The normalized spacial score (nSPS) is 19.6. The Hall–Kier alpha value is -1.82. The predicted octanol–water partition coefficient (Wildman–Crippen LogP) is 2.86. The number of rotatable bonds is 5. The van der Waals surface area contributed by atoms with Gasteiger partial charge in [0.2, 0.25) is 0 Å². The zero-order valence-electron chi connectivity index (χ0n) is 14.8. The molecule has 0 spiro atoms. The lowest BCUT2D eigenvalue weighted by Gasteiger charge is -2.35. The maximum absolute atomic E-state index is 12.8. The number of nitrogens with zero attached hydrogens (tertiary/aromatic N) is 2. The van der Waals surface area contributed by atoms with Crippen molar-refractivity contribution >= 4 is 6.03 Å². The molecule has 0 radical (unpaired) electrons. The topological polar surface area (TPSA) is 44.8 Å². The van der Waals surface area contributed by atoms with Gasteiger partial charge in [0.25, 0.3) is 0 Å². The second kappa shape index (κ2) is 9.04. The molecule has 1 N–H and O–H groups in total. The number of hydrogen-bond donors (Lipinski definition) is 1. The Labute approximate surface area is 149 Å². The summed E-state index contributed by atoms with van der Waals surface area (Å²) in [5.41, 5.74) is 0. The first-order valence-corrected chi connectivity index (χ1v) is 9.37. The van der Waals surface area contributed by atoms with Crippen LogP contribution in [0, 0.1) is 5.82 Å². The van der Waals surface area contributed by atoms with Crippen molar-refractivity contribution in [2.45, 2.75) is 38.1 Å². The summed E-state index contributed by atoms with van der Waals surface area (Å²) in [5.74, 6) is 0.432. The highest BCUT2D eigenvalue weighted by atomic mass is 19.1. The minimum Gasteiger partial charge on any atom is -0.492 e. The number of halogens is 1. The van der Waals surface area contributed by atoms with Gasteiger partial charge in [-0.25, -0.2) is 9.18 Å². The maximum Gasteiger partial charge on any atom is 0.317 e. The summed E-state index contributed by atoms with van der Waals surface area (Å²) in [4.78, 5) is 16.6. The van der Waals surface area contributed by atoms with Crippen molar-refractivity contribution in [2.75, 3.05) is 39.3 Å². The van der Waals surface area contributed by atoms with Crippen LogP contribution in [-0.2, 0) is 0 Å². The van der Waals surface area contributed by atoms with E-state index in [0.29, 0.717) is 18.4 Å². The Morgan fingerprint density at radius 3 is 2.44 bits per heavy atom. The van der Waals surface area contributed by atoms with Gasteiger partial charge in [-0.2, -0.15) is 0 Å². The quantitative estimate of drug-likeness (QED) is 0.889. The van der Waals surface area contributed by atoms with E-state index in [9.17, 15) is 9.18 Å². The van der Waals surface area contributed by atoms with Crippen LogP contribution >= 0.6 is 0 Å². The molecule has 2 aliphatic rings. The predicted molar refractivity (Wildman–Crippen MR) is 95.3 cm³/mol. The number of benzene rings is 1. The van der Waals surface area contributed by atoms with Crippen LogP contribution in [0.5, 0.6) is 5.75 Å². The zero-order chi connectivity index (χ0) is 17.5. The van der Waals surface area contributed by atoms with E-state index < -0.39 is 0 Å². The Bertz CT molecular complexity index is 538. The lowest BCUT2D eigenvalue weighted by molar-refractivity contribution is 0.123. The lowest BCUT2D eigenvalue weighted by Crippen LogP contribution is -2.54. The number of nitrogens with one attached hydrogen (secondary N) is 1. The fourth-order valence-electron chi connectivity index (χ4n) is 3.51. The molecular weight excluding hydrogens is 321 g/mol. The van der Waals surface area contributed by atoms with E-state index in [2.05, 4.69) is 10.2 Å². The van der Waals surface area contributed by atoms with E-state index in [1.165, 1.54) is 31.4 Å². The van der Waals surface area contributed by atoms with Crippen molar-refractivity contribution in [3.8, 4) is 5.75 Å². The monoisotopic (exact) mass is 349 g/mol. The van der Waals surface area contributed by atoms with E-state index >= 15 is 0 Å². The van der Waals surface area contributed by atoms with Gasteiger partial charge in [-0.15, -0.1) is 0 Å². The van der Waals surface area contributed by atoms with E-state index in [-0.39, 0.29) is 11.8 Å². The molecule has 0 atom stereocenters. The molecule has 1 saturated heterocycles. The number of urea groups is 1. The fraction of sp³-hybridized carbons (Fsp3) is 0.632. The van der Waals surface area contributed by atoms with Crippen LogP contribution in [0.4, 0.5) is 9.18 Å². The third-order valence-electron chi connectivity index (χ3n) is 5.08. The molecule has 2 fully saturated rings. The molecule has 5 nitrogen and oxygen atoms in total. The van der Waals surface area contributed by atoms with Gasteiger partial charge in [0, 0.05) is 38.8 Å². The average Bonchev–Trinajstić information content (AvgIpc) is 2.65. The molecule has 138 valence electrons. The summed E-state index contributed by atoms with van der Waals surface area (Å²) < 4.78 is 18.5. The van der Waals surface area contributed by atoms with Crippen LogP contribution < -0.4 is 10.1 Å². The number of amides is 2. The minimum atomic E-state index is -0.255. The first-order chi connectivity index (χ1) is 12.2. The summed E-state index contributed by atoms with van der Waals surface area (Å²) in [6, 6.07) is 6.54. The summed E-state index contributed by atoms with van der Waals surface area (Å²) in [6.45, 7) is 4.63. The first kappa shape index (κ1) is 18.0.